The summed E-state index contributed by atoms with van der Waals surface area (Å²) in [4.78, 5) is 11.4. The van der Waals surface area contributed by atoms with Crippen molar-refractivity contribution in [1.82, 2.24) is 10.6 Å². The van der Waals surface area contributed by atoms with Crippen LogP contribution in [-0.4, -0.2) is 29.3 Å². The van der Waals surface area contributed by atoms with Crippen molar-refractivity contribution >= 4 is 6.03 Å². The van der Waals surface area contributed by atoms with Crippen molar-refractivity contribution in [3.05, 3.63) is 0 Å². The molecule has 0 heterocycles. The Balaban J connectivity index is 2.20. The molecule has 4 nitrogen and oxygen atoms in total. The van der Waals surface area contributed by atoms with E-state index in [2.05, 4.69) is 10.6 Å². The number of hydrogen-bond donors (Lipinski definition) is 3. The van der Waals surface area contributed by atoms with Gasteiger partial charge in [0.15, 0.2) is 0 Å². The number of urea groups is 1. The quantitative estimate of drug-likeness (QED) is 0.687. The minimum absolute atomic E-state index is 0.204. The number of hydrogen-bond acceptors (Lipinski definition) is 2. The number of carbonyl (C=O) groups is 1. The van der Waals surface area contributed by atoms with Crippen molar-refractivity contribution in [2.24, 2.45) is 5.92 Å². The molecule has 0 aromatic rings. The topological polar surface area (TPSA) is 61.4 Å². The van der Waals surface area contributed by atoms with E-state index < -0.39 is 6.10 Å². The predicted molar refractivity (Wildman–Crippen MR) is 64.3 cm³/mol. The van der Waals surface area contributed by atoms with Crippen LogP contribution in [0.2, 0.25) is 0 Å². The molecule has 4 heteroatoms. The van der Waals surface area contributed by atoms with Crippen LogP contribution >= 0.6 is 0 Å². The van der Waals surface area contributed by atoms with Crippen LogP contribution in [-0.2, 0) is 0 Å². The highest BCUT2D eigenvalue weighted by Gasteiger charge is 2.23. The molecule has 94 valence electrons. The zero-order valence-electron chi connectivity index (χ0n) is 10.5. The van der Waals surface area contributed by atoms with Crippen LogP contribution in [0.1, 0.15) is 46.5 Å². The van der Waals surface area contributed by atoms with E-state index >= 15 is 0 Å². The summed E-state index contributed by atoms with van der Waals surface area (Å²) in [5, 5.41) is 15.4. The van der Waals surface area contributed by atoms with Gasteiger partial charge in [-0.15, -0.1) is 0 Å². The van der Waals surface area contributed by atoms with Gasteiger partial charge in [-0.05, 0) is 39.5 Å². The molecule has 1 rings (SSSR count). The Kier molecular flexibility index (Phi) is 4.59. The van der Waals surface area contributed by atoms with Gasteiger partial charge in [0.05, 0.1) is 6.10 Å². The lowest BCUT2D eigenvalue weighted by Gasteiger charge is -2.23. The van der Waals surface area contributed by atoms with Crippen molar-refractivity contribution < 1.29 is 9.90 Å². The molecule has 1 fully saturated rings. The molecule has 0 aromatic carbocycles. The second-order valence-electron chi connectivity index (χ2n) is 5.70. The molecule has 16 heavy (non-hydrogen) atoms. The lowest BCUT2D eigenvalue weighted by Crippen LogP contribution is -2.48. The van der Waals surface area contributed by atoms with E-state index in [9.17, 15) is 9.90 Å². The fraction of sp³-hybridized carbons (Fsp3) is 0.917. The fourth-order valence-electron chi connectivity index (χ4n) is 2.09. The molecular formula is C12H24N2O2. The van der Waals surface area contributed by atoms with Gasteiger partial charge in [-0.2, -0.15) is 0 Å². The molecule has 0 aliphatic heterocycles. The first-order valence-electron chi connectivity index (χ1n) is 6.12. The van der Waals surface area contributed by atoms with Crippen LogP contribution < -0.4 is 10.6 Å². The van der Waals surface area contributed by atoms with Crippen LogP contribution in [0.5, 0.6) is 0 Å². The first kappa shape index (κ1) is 13.3. The number of aliphatic hydroxyl groups is 1. The molecule has 0 spiro atoms. The van der Waals surface area contributed by atoms with E-state index in [4.69, 9.17) is 0 Å². The number of amides is 2. The van der Waals surface area contributed by atoms with Crippen LogP contribution in [0, 0.1) is 5.92 Å². The van der Waals surface area contributed by atoms with Gasteiger partial charge in [0, 0.05) is 12.1 Å². The first-order valence-corrected chi connectivity index (χ1v) is 6.12. The third-order valence-corrected chi connectivity index (χ3v) is 2.90. The summed E-state index contributed by atoms with van der Waals surface area (Å²) in [5.41, 5.74) is -0.234. The Morgan fingerprint density at radius 3 is 2.44 bits per heavy atom. The highest BCUT2D eigenvalue weighted by Crippen LogP contribution is 2.27. The van der Waals surface area contributed by atoms with Crippen LogP contribution in [0.4, 0.5) is 4.79 Å². The Bertz CT molecular complexity index is 230. The minimum Gasteiger partial charge on any atom is -0.391 e. The summed E-state index contributed by atoms with van der Waals surface area (Å²) in [7, 11) is 0. The maximum atomic E-state index is 11.4. The zero-order chi connectivity index (χ0) is 12.2. The monoisotopic (exact) mass is 228 g/mol. The number of aliphatic hydroxyl groups excluding tert-OH is 1. The average Bonchev–Trinajstić information content (AvgIpc) is 2.64. The smallest absolute Gasteiger partial charge is 0.315 e. The minimum atomic E-state index is -0.395. The van der Waals surface area contributed by atoms with Gasteiger partial charge in [-0.25, -0.2) is 4.79 Å². The Morgan fingerprint density at radius 1 is 1.38 bits per heavy atom. The summed E-state index contributed by atoms with van der Waals surface area (Å²) < 4.78 is 0. The summed E-state index contributed by atoms with van der Waals surface area (Å²) >= 11 is 0. The normalized spacial score (nSPS) is 19.5. The van der Waals surface area contributed by atoms with Gasteiger partial charge in [0.25, 0.3) is 0 Å². The third kappa shape index (κ3) is 4.84. The molecule has 0 bridgehead atoms. The number of carbonyl (C=O) groups excluding carboxylic acids is 1. The van der Waals surface area contributed by atoms with Crippen molar-refractivity contribution in [3.63, 3.8) is 0 Å². The second-order valence-corrected chi connectivity index (χ2v) is 5.70. The maximum absolute atomic E-state index is 11.4. The lowest BCUT2D eigenvalue weighted by molar-refractivity contribution is 0.110. The molecule has 0 saturated heterocycles. The second kappa shape index (κ2) is 5.53. The lowest BCUT2D eigenvalue weighted by atomic mass is 10.0. The van der Waals surface area contributed by atoms with Gasteiger partial charge in [-0.3, -0.25) is 0 Å². The highest BCUT2D eigenvalue weighted by molar-refractivity contribution is 5.74. The van der Waals surface area contributed by atoms with E-state index in [1.165, 1.54) is 12.8 Å². The molecule has 0 radical (unpaired) electrons. The van der Waals surface area contributed by atoms with Crippen molar-refractivity contribution in [2.45, 2.75) is 58.1 Å². The summed E-state index contributed by atoms with van der Waals surface area (Å²) in [6, 6.07) is -0.204. The predicted octanol–water partition coefficient (Wildman–Crippen LogP) is 1.64. The molecule has 1 aliphatic carbocycles. The number of rotatable bonds is 3. The largest absolute Gasteiger partial charge is 0.391 e. The molecule has 2 amide bonds. The Morgan fingerprint density at radius 2 is 1.94 bits per heavy atom. The van der Waals surface area contributed by atoms with Crippen molar-refractivity contribution in [3.8, 4) is 0 Å². The van der Waals surface area contributed by atoms with Gasteiger partial charge >= 0.3 is 6.03 Å². The van der Waals surface area contributed by atoms with Crippen LogP contribution in [0.25, 0.3) is 0 Å². The molecule has 0 aromatic heterocycles. The van der Waals surface area contributed by atoms with E-state index in [0.717, 1.165) is 12.8 Å². The average molecular weight is 228 g/mol. The summed E-state index contributed by atoms with van der Waals surface area (Å²) in [5.74, 6) is 0.370. The molecule has 1 aliphatic rings. The fourth-order valence-corrected chi connectivity index (χ4v) is 2.09. The van der Waals surface area contributed by atoms with E-state index in [-0.39, 0.29) is 11.6 Å². The molecule has 3 N–H and O–H groups in total. The maximum Gasteiger partial charge on any atom is 0.315 e. The molecular weight excluding hydrogens is 204 g/mol. The highest BCUT2D eigenvalue weighted by atomic mass is 16.3. The van der Waals surface area contributed by atoms with Crippen LogP contribution in [0.15, 0.2) is 0 Å². The van der Waals surface area contributed by atoms with E-state index in [1.807, 2.05) is 20.8 Å². The molecule has 1 unspecified atom stereocenters. The van der Waals surface area contributed by atoms with Gasteiger partial charge in [-0.1, -0.05) is 12.8 Å². The Hall–Kier alpha value is -0.770. The summed E-state index contributed by atoms with van der Waals surface area (Å²) in [6.07, 6.45) is 4.19. The SMILES string of the molecule is CC(C)(C)NC(=O)NCC(O)C1CCCC1. The zero-order valence-corrected chi connectivity index (χ0v) is 10.5. The van der Waals surface area contributed by atoms with Gasteiger partial charge in [0.2, 0.25) is 0 Å². The van der Waals surface area contributed by atoms with Crippen molar-refractivity contribution in [1.29, 1.82) is 0 Å². The standard InChI is InChI=1S/C12H24N2O2/c1-12(2,3)14-11(16)13-8-10(15)9-6-4-5-7-9/h9-10,15H,4-8H2,1-3H3,(H2,13,14,16). The third-order valence-electron chi connectivity index (χ3n) is 2.90. The molecule has 1 atom stereocenters. The van der Waals surface area contributed by atoms with Crippen molar-refractivity contribution in [2.75, 3.05) is 6.54 Å². The van der Waals surface area contributed by atoms with E-state index in [0.29, 0.717) is 12.5 Å². The van der Waals surface area contributed by atoms with E-state index in [1.54, 1.807) is 0 Å². The van der Waals surface area contributed by atoms with Crippen LogP contribution in [0.3, 0.4) is 0 Å². The number of nitrogens with one attached hydrogen (secondary N) is 2. The first-order chi connectivity index (χ1) is 7.38. The van der Waals surface area contributed by atoms with Gasteiger partial charge < -0.3 is 15.7 Å². The molecule has 1 saturated carbocycles. The Labute approximate surface area is 97.8 Å². The summed E-state index contributed by atoms with van der Waals surface area (Å²) in [6.45, 7) is 6.15. The van der Waals surface area contributed by atoms with Gasteiger partial charge in [0.1, 0.15) is 0 Å².